The van der Waals surface area contributed by atoms with Crippen LogP contribution in [0.1, 0.15) is 43.2 Å². The fraction of sp³-hybridized carbons (Fsp3) is 0.643. The van der Waals surface area contributed by atoms with E-state index in [9.17, 15) is 4.79 Å². The number of ether oxygens (including phenoxy) is 1. The Labute approximate surface area is 122 Å². The molecule has 5 heteroatoms. The van der Waals surface area contributed by atoms with E-state index in [2.05, 4.69) is 35.1 Å². The third-order valence-corrected chi connectivity index (χ3v) is 3.62. The minimum Gasteiger partial charge on any atom is -0.379 e. The summed E-state index contributed by atoms with van der Waals surface area (Å²) in [5.41, 5.74) is 0.684. The minimum absolute atomic E-state index is 0.0468. The van der Waals surface area contributed by atoms with E-state index in [0.717, 1.165) is 17.0 Å². The topological polar surface area (TPSA) is 43.3 Å². The quantitative estimate of drug-likeness (QED) is 0.782. The first-order chi connectivity index (χ1) is 9.08. The summed E-state index contributed by atoms with van der Waals surface area (Å²) >= 11 is 3.41. The molecule has 0 aliphatic heterocycles. The molecule has 0 unspecified atom stereocenters. The van der Waals surface area contributed by atoms with Gasteiger partial charge in [0.15, 0.2) is 0 Å². The molecule has 0 saturated heterocycles. The lowest BCUT2D eigenvalue weighted by molar-refractivity contribution is 0.0896. The summed E-state index contributed by atoms with van der Waals surface area (Å²) in [5, 5.41) is 2.90. The van der Waals surface area contributed by atoms with Crippen LogP contribution in [0.3, 0.4) is 0 Å². The molecule has 1 N–H and O–H groups in total. The molecule has 1 fully saturated rings. The van der Waals surface area contributed by atoms with Crippen LogP contribution in [0.25, 0.3) is 0 Å². The number of aromatic nitrogens is 1. The second-order valence-electron chi connectivity index (χ2n) is 5.32. The molecule has 0 spiro atoms. The van der Waals surface area contributed by atoms with Crippen LogP contribution in [0.5, 0.6) is 0 Å². The molecular formula is C14H21BrN2O2. The van der Waals surface area contributed by atoms with Crippen molar-refractivity contribution in [1.29, 1.82) is 0 Å². The van der Waals surface area contributed by atoms with E-state index in [1.54, 1.807) is 0 Å². The van der Waals surface area contributed by atoms with Gasteiger partial charge in [-0.2, -0.15) is 0 Å². The molecule has 0 aromatic carbocycles. The zero-order chi connectivity index (χ0) is 13.8. The summed E-state index contributed by atoms with van der Waals surface area (Å²) in [6, 6.07) is 2.11. The van der Waals surface area contributed by atoms with Crippen LogP contribution in [0.15, 0.2) is 16.7 Å². The number of hydrogen-bond donors (Lipinski definition) is 1. The second kappa shape index (κ2) is 6.57. The summed E-state index contributed by atoms with van der Waals surface area (Å²) in [4.78, 5) is 12.1. The van der Waals surface area contributed by atoms with Crippen LogP contribution >= 0.6 is 15.9 Å². The van der Waals surface area contributed by atoms with Crippen molar-refractivity contribution >= 4 is 21.8 Å². The Balaban J connectivity index is 1.78. The normalized spacial score (nSPS) is 14.9. The first-order valence-corrected chi connectivity index (χ1v) is 7.60. The number of amides is 1. The van der Waals surface area contributed by atoms with E-state index >= 15 is 0 Å². The monoisotopic (exact) mass is 328 g/mol. The van der Waals surface area contributed by atoms with Gasteiger partial charge in [-0.05, 0) is 54.6 Å². The Morgan fingerprint density at radius 2 is 2.32 bits per heavy atom. The Bertz CT molecular complexity index is 439. The average Bonchev–Trinajstić information content (AvgIpc) is 3.09. The lowest BCUT2D eigenvalue weighted by Crippen LogP contribution is -2.29. The van der Waals surface area contributed by atoms with Crippen molar-refractivity contribution in [3.8, 4) is 0 Å². The number of rotatable bonds is 7. The molecule has 1 aromatic heterocycles. The molecule has 0 bridgehead atoms. The summed E-state index contributed by atoms with van der Waals surface area (Å²) in [7, 11) is 0. The predicted octanol–water partition coefficient (Wildman–Crippen LogP) is 2.99. The number of carbonyl (C=O) groups excluding carboxylic acids is 1. The van der Waals surface area contributed by atoms with Gasteiger partial charge in [0.25, 0.3) is 5.91 Å². The van der Waals surface area contributed by atoms with Gasteiger partial charge >= 0.3 is 0 Å². The molecule has 19 heavy (non-hydrogen) atoms. The summed E-state index contributed by atoms with van der Waals surface area (Å²) in [6.07, 6.45) is 4.52. The second-order valence-corrected chi connectivity index (χ2v) is 6.23. The van der Waals surface area contributed by atoms with Gasteiger partial charge in [-0.1, -0.05) is 0 Å². The number of halogens is 1. The summed E-state index contributed by atoms with van der Waals surface area (Å²) in [6.45, 7) is 6.10. The van der Waals surface area contributed by atoms with Crippen molar-refractivity contribution in [3.63, 3.8) is 0 Å². The molecule has 0 atom stereocenters. The molecule has 106 valence electrons. The van der Waals surface area contributed by atoms with E-state index in [1.165, 1.54) is 12.8 Å². The first-order valence-electron chi connectivity index (χ1n) is 6.81. The number of nitrogens with zero attached hydrogens (tertiary/aromatic N) is 1. The molecule has 0 radical (unpaired) electrons. The zero-order valence-corrected chi connectivity index (χ0v) is 13.1. The van der Waals surface area contributed by atoms with E-state index in [1.807, 2.05) is 16.8 Å². The van der Waals surface area contributed by atoms with Crippen LogP contribution in [-0.4, -0.2) is 30.2 Å². The number of carbonyl (C=O) groups is 1. The Kier molecular flexibility index (Phi) is 5.05. The SMILES string of the molecule is CC(C)n1cc(Br)cc1C(=O)NCCOCC1CC1. The average molecular weight is 329 g/mol. The van der Waals surface area contributed by atoms with Crippen molar-refractivity contribution in [2.45, 2.75) is 32.7 Å². The summed E-state index contributed by atoms with van der Waals surface area (Å²) in [5.74, 6) is 0.722. The molecule has 4 nitrogen and oxygen atoms in total. The maximum Gasteiger partial charge on any atom is 0.268 e. The molecule has 1 aliphatic carbocycles. The number of nitrogens with one attached hydrogen (secondary N) is 1. The standard InChI is InChI=1S/C14H21BrN2O2/c1-10(2)17-8-12(15)7-13(17)14(18)16-5-6-19-9-11-3-4-11/h7-8,10-11H,3-6,9H2,1-2H3,(H,16,18). The van der Waals surface area contributed by atoms with Crippen LogP contribution in [-0.2, 0) is 4.74 Å². The van der Waals surface area contributed by atoms with Crippen molar-refractivity contribution < 1.29 is 9.53 Å². The molecule has 1 aromatic rings. The van der Waals surface area contributed by atoms with Crippen LogP contribution in [0.4, 0.5) is 0 Å². The lowest BCUT2D eigenvalue weighted by atomic mass is 10.3. The van der Waals surface area contributed by atoms with E-state index in [0.29, 0.717) is 18.8 Å². The van der Waals surface area contributed by atoms with Gasteiger partial charge in [0, 0.05) is 29.9 Å². The zero-order valence-electron chi connectivity index (χ0n) is 11.5. The van der Waals surface area contributed by atoms with Gasteiger partial charge in [0.1, 0.15) is 5.69 Å². The largest absolute Gasteiger partial charge is 0.379 e. The van der Waals surface area contributed by atoms with Crippen LogP contribution < -0.4 is 5.32 Å². The molecule has 1 saturated carbocycles. The molecular weight excluding hydrogens is 308 g/mol. The third-order valence-electron chi connectivity index (χ3n) is 3.19. The molecule has 1 aliphatic rings. The Morgan fingerprint density at radius 3 is 2.95 bits per heavy atom. The van der Waals surface area contributed by atoms with Gasteiger partial charge in [-0.25, -0.2) is 0 Å². The van der Waals surface area contributed by atoms with E-state index in [-0.39, 0.29) is 11.9 Å². The Morgan fingerprint density at radius 1 is 1.58 bits per heavy atom. The Hall–Kier alpha value is -0.810. The van der Waals surface area contributed by atoms with Crippen LogP contribution in [0.2, 0.25) is 0 Å². The maximum atomic E-state index is 12.1. The lowest BCUT2D eigenvalue weighted by Gasteiger charge is -2.12. The van der Waals surface area contributed by atoms with Crippen molar-refractivity contribution in [2.75, 3.05) is 19.8 Å². The summed E-state index contributed by atoms with van der Waals surface area (Å²) < 4.78 is 8.39. The molecule has 2 rings (SSSR count). The third kappa shape index (κ3) is 4.35. The van der Waals surface area contributed by atoms with E-state index in [4.69, 9.17) is 4.74 Å². The van der Waals surface area contributed by atoms with Gasteiger partial charge in [-0.15, -0.1) is 0 Å². The highest BCUT2D eigenvalue weighted by molar-refractivity contribution is 9.10. The van der Waals surface area contributed by atoms with Crippen LogP contribution in [0, 0.1) is 5.92 Å². The van der Waals surface area contributed by atoms with Crippen molar-refractivity contribution in [1.82, 2.24) is 9.88 Å². The van der Waals surface area contributed by atoms with E-state index < -0.39 is 0 Å². The highest BCUT2D eigenvalue weighted by atomic mass is 79.9. The van der Waals surface area contributed by atoms with Crippen molar-refractivity contribution in [3.05, 3.63) is 22.4 Å². The first kappa shape index (κ1) is 14.6. The molecule has 1 heterocycles. The maximum absolute atomic E-state index is 12.1. The highest BCUT2D eigenvalue weighted by Gasteiger charge is 2.21. The highest BCUT2D eigenvalue weighted by Crippen LogP contribution is 2.28. The fourth-order valence-corrected chi connectivity index (χ4v) is 2.35. The van der Waals surface area contributed by atoms with Crippen molar-refractivity contribution in [2.24, 2.45) is 5.92 Å². The fourth-order valence-electron chi connectivity index (χ4n) is 1.92. The van der Waals surface area contributed by atoms with Gasteiger partial charge in [0.05, 0.1) is 6.61 Å². The predicted molar refractivity (Wildman–Crippen MR) is 78.4 cm³/mol. The van der Waals surface area contributed by atoms with Gasteiger partial charge in [0.2, 0.25) is 0 Å². The van der Waals surface area contributed by atoms with Gasteiger partial charge in [-0.3, -0.25) is 4.79 Å². The minimum atomic E-state index is -0.0468. The van der Waals surface area contributed by atoms with Gasteiger partial charge < -0.3 is 14.6 Å². The number of hydrogen-bond acceptors (Lipinski definition) is 2. The smallest absolute Gasteiger partial charge is 0.268 e. The molecule has 1 amide bonds.